The molecule has 4 heteroatoms. The van der Waals surface area contributed by atoms with Crippen LogP contribution in [0, 0.1) is 0 Å². The highest BCUT2D eigenvalue weighted by Crippen LogP contribution is 2.13. The van der Waals surface area contributed by atoms with Crippen LogP contribution in [0.1, 0.15) is 20.7 Å². The van der Waals surface area contributed by atoms with Crippen molar-refractivity contribution < 1.29 is 9.59 Å². The van der Waals surface area contributed by atoms with Crippen molar-refractivity contribution in [2.24, 2.45) is 4.99 Å². The number of rotatable bonds is 3. The van der Waals surface area contributed by atoms with E-state index in [-0.39, 0.29) is 17.0 Å². The van der Waals surface area contributed by atoms with Gasteiger partial charge in [-0.3, -0.25) is 9.59 Å². The molecule has 2 amide bonds. The molecule has 19 heavy (non-hydrogen) atoms. The van der Waals surface area contributed by atoms with E-state index in [0.29, 0.717) is 5.69 Å². The molecule has 1 N–H and O–H groups in total. The SMILES string of the molecule is C=NC(=O)c1ccccc1C(=O)Nc1ccccc1. The topological polar surface area (TPSA) is 58.5 Å². The standard InChI is InChI=1S/C15H12N2O2/c1-16-14(18)12-9-5-6-10-13(12)15(19)17-11-7-3-2-4-8-11/h2-10H,1H2,(H,17,19). The van der Waals surface area contributed by atoms with Crippen LogP contribution in [-0.4, -0.2) is 18.5 Å². The van der Waals surface area contributed by atoms with Crippen LogP contribution in [0.2, 0.25) is 0 Å². The van der Waals surface area contributed by atoms with Crippen molar-refractivity contribution in [2.75, 3.05) is 5.32 Å². The second-order valence-electron chi connectivity index (χ2n) is 3.83. The van der Waals surface area contributed by atoms with Gasteiger partial charge in [0.25, 0.3) is 11.8 Å². The lowest BCUT2D eigenvalue weighted by Crippen LogP contribution is -2.15. The molecule has 4 nitrogen and oxygen atoms in total. The van der Waals surface area contributed by atoms with Crippen molar-refractivity contribution in [2.45, 2.75) is 0 Å². The second-order valence-corrected chi connectivity index (χ2v) is 3.83. The highest BCUT2D eigenvalue weighted by molar-refractivity contribution is 6.12. The smallest absolute Gasteiger partial charge is 0.277 e. The minimum atomic E-state index is -0.515. The normalized spacial score (nSPS) is 9.68. The number of anilines is 1. The predicted octanol–water partition coefficient (Wildman–Crippen LogP) is 2.78. The summed E-state index contributed by atoms with van der Waals surface area (Å²) in [4.78, 5) is 27.1. The predicted molar refractivity (Wildman–Crippen MR) is 74.7 cm³/mol. The van der Waals surface area contributed by atoms with E-state index in [0.717, 1.165) is 0 Å². The zero-order chi connectivity index (χ0) is 13.7. The number of hydrogen-bond donors (Lipinski definition) is 1. The number of amides is 2. The zero-order valence-corrected chi connectivity index (χ0v) is 10.2. The number of hydrogen-bond acceptors (Lipinski definition) is 2. The number of aliphatic imine (C=N–C) groups is 1. The van der Waals surface area contributed by atoms with Gasteiger partial charge in [-0.15, -0.1) is 0 Å². The fourth-order valence-electron chi connectivity index (χ4n) is 1.67. The Morgan fingerprint density at radius 1 is 0.895 bits per heavy atom. The molecular weight excluding hydrogens is 240 g/mol. The molecule has 0 atom stereocenters. The third-order valence-corrected chi connectivity index (χ3v) is 2.58. The highest BCUT2D eigenvalue weighted by Gasteiger charge is 2.15. The first kappa shape index (κ1) is 12.7. The van der Waals surface area contributed by atoms with Gasteiger partial charge in [-0.25, -0.2) is 4.99 Å². The Bertz CT molecular complexity index is 621. The van der Waals surface area contributed by atoms with E-state index in [2.05, 4.69) is 17.0 Å². The quantitative estimate of drug-likeness (QED) is 0.854. The molecule has 0 radical (unpaired) electrons. The maximum Gasteiger partial charge on any atom is 0.277 e. The summed E-state index contributed by atoms with van der Waals surface area (Å²) >= 11 is 0. The second kappa shape index (κ2) is 5.73. The lowest BCUT2D eigenvalue weighted by Gasteiger charge is -2.07. The van der Waals surface area contributed by atoms with E-state index >= 15 is 0 Å². The van der Waals surface area contributed by atoms with Crippen molar-refractivity contribution in [3.8, 4) is 0 Å². The van der Waals surface area contributed by atoms with Crippen molar-refractivity contribution in [1.82, 2.24) is 0 Å². The molecule has 94 valence electrons. The van der Waals surface area contributed by atoms with E-state index in [4.69, 9.17) is 0 Å². The number of nitrogens with zero attached hydrogens (tertiary/aromatic N) is 1. The molecule has 0 bridgehead atoms. The van der Waals surface area contributed by atoms with Crippen LogP contribution in [0.5, 0.6) is 0 Å². The van der Waals surface area contributed by atoms with E-state index in [9.17, 15) is 9.59 Å². The Morgan fingerprint density at radius 2 is 1.47 bits per heavy atom. The van der Waals surface area contributed by atoms with Gasteiger partial charge >= 0.3 is 0 Å². The molecule has 0 aliphatic carbocycles. The van der Waals surface area contributed by atoms with Gasteiger partial charge in [-0.05, 0) is 31.0 Å². The molecule has 0 saturated carbocycles. The van der Waals surface area contributed by atoms with Crippen LogP contribution in [0.25, 0.3) is 0 Å². The Labute approximate surface area is 110 Å². The Kier molecular flexibility index (Phi) is 3.83. The van der Waals surface area contributed by atoms with Gasteiger partial charge in [0.1, 0.15) is 0 Å². The summed E-state index contributed by atoms with van der Waals surface area (Å²) < 4.78 is 0. The minimum Gasteiger partial charge on any atom is -0.322 e. The Balaban J connectivity index is 2.29. The van der Waals surface area contributed by atoms with Crippen LogP contribution in [0.4, 0.5) is 5.69 Å². The summed E-state index contributed by atoms with van der Waals surface area (Å²) in [5.74, 6) is -0.863. The molecule has 0 heterocycles. The molecule has 0 fully saturated rings. The van der Waals surface area contributed by atoms with Crippen LogP contribution in [0.3, 0.4) is 0 Å². The van der Waals surface area contributed by atoms with Gasteiger partial charge < -0.3 is 5.32 Å². The molecule has 0 spiro atoms. The largest absolute Gasteiger partial charge is 0.322 e. The summed E-state index contributed by atoms with van der Waals surface area (Å²) in [6, 6.07) is 15.5. The maximum atomic E-state index is 12.1. The fourth-order valence-corrected chi connectivity index (χ4v) is 1.67. The van der Waals surface area contributed by atoms with E-state index in [1.807, 2.05) is 18.2 Å². The third-order valence-electron chi connectivity index (χ3n) is 2.58. The summed E-state index contributed by atoms with van der Waals surface area (Å²) in [5.41, 5.74) is 1.19. The first-order valence-corrected chi connectivity index (χ1v) is 5.69. The molecule has 0 aromatic heterocycles. The summed E-state index contributed by atoms with van der Waals surface area (Å²) in [6.45, 7) is 3.19. The molecule has 2 aromatic rings. The van der Waals surface area contributed by atoms with Gasteiger partial charge in [-0.2, -0.15) is 0 Å². The monoisotopic (exact) mass is 252 g/mol. The van der Waals surface area contributed by atoms with E-state index in [1.54, 1.807) is 36.4 Å². The van der Waals surface area contributed by atoms with Crippen molar-refractivity contribution in [3.63, 3.8) is 0 Å². The van der Waals surface area contributed by atoms with Gasteiger partial charge in [-0.1, -0.05) is 30.3 Å². The Morgan fingerprint density at radius 3 is 2.11 bits per heavy atom. The molecule has 0 saturated heterocycles. The molecule has 2 aromatic carbocycles. The summed E-state index contributed by atoms with van der Waals surface area (Å²) in [7, 11) is 0. The molecule has 0 aliphatic heterocycles. The Hall–Kier alpha value is -2.75. The first-order valence-electron chi connectivity index (χ1n) is 5.69. The molecule has 2 rings (SSSR count). The van der Waals surface area contributed by atoms with Crippen molar-refractivity contribution in [3.05, 3.63) is 65.7 Å². The fraction of sp³-hybridized carbons (Fsp3) is 0. The number of carbonyl (C=O) groups excluding carboxylic acids is 2. The van der Waals surface area contributed by atoms with Gasteiger partial charge in [0.15, 0.2) is 0 Å². The molecule has 0 aliphatic rings. The van der Waals surface area contributed by atoms with Gasteiger partial charge in [0.2, 0.25) is 0 Å². The van der Waals surface area contributed by atoms with Crippen molar-refractivity contribution >= 4 is 24.2 Å². The number of benzene rings is 2. The average molecular weight is 252 g/mol. The molecule has 0 unspecified atom stereocenters. The first-order chi connectivity index (χ1) is 9.22. The maximum absolute atomic E-state index is 12.1. The lowest BCUT2D eigenvalue weighted by atomic mass is 10.1. The lowest BCUT2D eigenvalue weighted by molar-refractivity contribution is 0.0979. The van der Waals surface area contributed by atoms with E-state index < -0.39 is 5.91 Å². The average Bonchev–Trinajstić information content (AvgIpc) is 2.47. The van der Waals surface area contributed by atoms with Crippen LogP contribution in [-0.2, 0) is 0 Å². The van der Waals surface area contributed by atoms with Crippen molar-refractivity contribution in [1.29, 1.82) is 0 Å². The summed E-state index contributed by atoms with van der Waals surface area (Å²) in [6.07, 6.45) is 0. The van der Waals surface area contributed by atoms with Gasteiger partial charge in [0, 0.05) is 5.69 Å². The molecular formula is C15H12N2O2. The van der Waals surface area contributed by atoms with Crippen LogP contribution >= 0.6 is 0 Å². The van der Waals surface area contributed by atoms with Crippen LogP contribution in [0.15, 0.2) is 59.6 Å². The van der Waals surface area contributed by atoms with Gasteiger partial charge in [0.05, 0.1) is 11.1 Å². The number of nitrogens with one attached hydrogen (secondary N) is 1. The number of carbonyl (C=O) groups is 2. The minimum absolute atomic E-state index is 0.242. The highest BCUT2D eigenvalue weighted by atomic mass is 16.2. The summed E-state index contributed by atoms with van der Waals surface area (Å²) in [5, 5.41) is 2.72. The number of para-hydroxylation sites is 1. The van der Waals surface area contributed by atoms with E-state index in [1.165, 1.54) is 0 Å². The third kappa shape index (κ3) is 2.93. The zero-order valence-electron chi connectivity index (χ0n) is 10.2. The van der Waals surface area contributed by atoms with Crippen LogP contribution < -0.4 is 5.32 Å².